The van der Waals surface area contributed by atoms with Gasteiger partial charge in [0, 0.05) is 17.7 Å². The number of aromatic amines is 1. The first-order valence-electron chi connectivity index (χ1n) is 5.74. The van der Waals surface area contributed by atoms with E-state index in [1.54, 1.807) is 7.11 Å². The maximum absolute atomic E-state index is 5.37. The van der Waals surface area contributed by atoms with Crippen molar-refractivity contribution < 1.29 is 4.74 Å². The average Bonchev–Trinajstić information content (AvgIpc) is 3.13. The lowest BCUT2D eigenvalue weighted by Gasteiger charge is -2.05. The Morgan fingerprint density at radius 3 is 2.88 bits per heavy atom. The maximum Gasteiger partial charge on any atom is 0.127 e. The molecule has 0 atom stereocenters. The van der Waals surface area contributed by atoms with E-state index in [1.807, 2.05) is 28.9 Å². The molecule has 1 aliphatic carbocycles. The molecule has 0 radical (unpaired) electrons. The number of hydrogen-bond acceptors (Lipinski definition) is 2. The van der Waals surface area contributed by atoms with E-state index < -0.39 is 0 Å². The summed E-state index contributed by atoms with van der Waals surface area (Å²) in [6.45, 7) is 0. The second kappa shape index (κ2) is 4.04. The van der Waals surface area contributed by atoms with Crippen molar-refractivity contribution in [2.24, 2.45) is 0 Å². The van der Waals surface area contributed by atoms with Crippen molar-refractivity contribution in [1.29, 1.82) is 0 Å². The molecule has 17 heavy (non-hydrogen) atoms. The van der Waals surface area contributed by atoms with E-state index in [9.17, 15) is 0 Å². The summed E-state index contributed by atoms with van der Waals surface area (Å²) in [5.41, 5.74) is 2.26. The van der Waals surface area contributed by atoms with Gasteiger partial charge in [-0.3, -0.25) is 5.10 Å². The lowest BCUT2D eigenvalue weighted by atomic mass is 10.3. The van der Waals surface area contributed by atoms with Crippen LogP contribution in [-0.4, -0.2) is 16.9 Å². The summed E-state index contributed by atoms with van der Waals surface area (Å²) >= 11 is 5.37. The molecule has 1 aromatic carbocycles. The molecule has 4 heteroatoms. The summed E-state index contributed by atoms with van der Waals surface area (Å²) < 4.78 is 7.98. The molecule has 88 valence electrons. The summed E-state index contributed by atoms with van der Waals surface area (Å²) in [7, 11) is 1.67. The number of nitrogens with one attached hydrogen (secondary N) is 1. The monoisotopic (exact) mass is 246 g/mol. The third kappa shape index (κ3) is 2.00. The third-order valence-corrected chi connectivity index (χ3v) is 3.37. The Kier molecular flexibility index (Phi) is 2.52. The Morgan fingerprint density at radius 2 is 2.18 bits per heavy atom. The molecule has 3 rings (SSSR count). The average molecular weight is 246 g/mol. The molecule has 2 aromatic rings. The largest absolute Gasteiger partial charge is 0.497 e. The van der Waals surface area contributed by atoms with Gasteiger partial charge in [-0.1, -0.05) is 18.3 Å². The molecule has 0 amide bonds. The lowest BCUT2D eigenvalue weighted by molar-refractivity contribution is 0.414. The van der Waals surface area contributed by atoms with Gasteiger partial charge in [0.15, 0.2) is 0 Å². The number of benzene rings is 1. The first kappa shape index (κ1) is 10.6. The highest BCUT2D eigenvalue weighted by atomic mass is 32.1. The molecule has 1 fully saturated rings. The fraction of sp³-hybridized carbons (Fsp3) is 0.308. The predicted octanol–water partition coefficient (Wildman–Crippen LogP) is 3.42. The van der Waals surface area contributed by atoms with Crippen LogP contribution in [-0.2, 0) is 0 Å². The minimum Gasteiger partial charge on any atom is -0.497 e. The standard InChI is InChI=1S/C13H14N2OS/c1-16-11-4-2-3-10(7-11)15-13(17)8-12(14-15)9-5-6-9/h2-4,7-9,14H,5-6H2,1H3. The SMILES string of the molecule is COc1cccc(-n2[nH]c(C3CC3)cc2=S)c1. The summed E-state index contributed by atoms with van der Waals surface area (Å²) in [5.74, 6) is 1.52. The summed E-state index contributed by atoms with van der Waals surface area (Å²) in [4.78, 5) is 0. The minimum absolute atomic E-state index is 0.684. The molecule has 0 unspecified atom stereocenters. The highest BCUT2D eigenvalue weighted by Gasteiger charge is 2.25. The van der Waals surface area contributed by atoms with E-state index in [0.29, 0.717) is 5.92 Å². The smallest absolute Gasteiger partial charge is 0.127 e. The fourth-order valence-corrected chi connectivity index (χ4v) is 2.24. The molecule has 0 bridgehead atoms. The van der Waals surface area contributed by atoms with E-state index >= 15 is 0 Å². The number of ether oxygens (including phenoxy) is 1. The quantitative estimate of drug-likeness (QED) is 0.841. The first-order valence-corrected chi connectivity index (χ1v) is 6.15. The van der Waals surface area contributed by atoms with Crippen LogP contribution in [0.15, 0.2) is 30.3 Å². The van der Waals surface area contributed by atoms with Crippen LogP contribution < -0.4 is 4.74 Å². The van der Waals surface area contributed by atoms with Gasteiger partial charge in [0.25, 0.3) is 0 Å². The highest BCUT2D eigenvalue weighted by molar-refractivity contribution is 7.71. The Hall–Kier alpha value is -1.55. The van der Waals surface area contributed by atoms with Gasteiger partial charge in [0.05, 0.1) is 12.8 Å². The molecule has 0 saturated heterocycles. The van der Waals surface area contributed by atoms with Crippen LogP contribution in [0.25, 0.3) is 5.69 Å². The molecule has 1 N–H and O–H groups in total. The van der Waals surface area contributed by atoms with Crippen molar-refractivity contribution in [2.45, 2.75) is 18.8 Å². The number of rotatable bonds is 3. The van der Waals surface area contributed by atoms with Crippen molar-refractivity contribution in [3.05, 3.63) is 40.7 Å². The molecule has 3 nitrogen and oxygen atoms in total. The number of nitrogens with zero attached hydrogens (tertiary/aromatic N) is 1. The zero-order chi connectivity index (χ0) is 11.8. The van der Waals surface area contributed by atoms with E-state index in [1.165, 1.54) is 18.5 Å². The van der Waals surface area contributed by atoms with Gasteiger partial charge in [-0.2, -0.15) is 0 Å². The molecule has 1 aliphatic rings. The molecule has 1 saturated carbocycles. The summed E-state index contributed by atoms with van der Waals surface area (Å²) in [6.07, 6.45) is 2.54. The number of hydrogen-bond donors (Lipinski definition) is 1. The van der Waals surface area contributed by atoms with Crippen LogP contribution in [0.2, 0.25) is 0 Å². The first-order chi connectivity index (χ1) is 8.28. The van der Waals surface area contributed by atoms with Gasteiger partial charge in [-0.25, -0.2) is 4.68 Å². The van der Waals surface area contributed by atoms with Gasteiger partial charge in [-0.15, -0.1) is 0 Å². The third-order valence-electron chi connectivity index (χ3n) is 3.07. The van der Waals surface area contributed by atoms with Gasteiger partial charge < -0.3 is 4.74 Å². The minimum atomic E-state index is 0.684. The molecular formula is C13H14N2OS. The molecule has 1 heterocycles. The zero-order valence-electron chi connectivity index (χ0n) is 9.64. The van der Waals surface area contributed by atoms with Crippen molar-refractivity contribution in [1.82, 2.24) is 9.78 Å². The van der Waals surface area contributed by atoms with Crippen LogP contribution in [0.5, 0.6) is 5.75 Å². The van der Waals surface area contributed by atoms with Crippen LogP contribution in [0.4, 0.5) is 0 Å². The van der Waals surface area contributed by atoms with Gasteiger partial charge in [0.2, 0.25) is 0 Å². The van der Waals surface area contributed by atoms with Crippen LogP contribution in [0.3, 0.4) is 0 Å². The van der Waals surface area contributed by atoms with E-state index in [0.717, 1.165) is 16.1 Å². The number of H-pyrrole nitrogens is 1. The molecule has 0 aliphatic heterocycles. The Balaban J connectivity index is 2.04. The van der Waals surface area contributed by atoms with Crippen molar-refractivity contribution >= 4 is 12.2 Å². The number of aromatic nitrogens is 2. The second-order valence-corrected chi connectivity index (χ2v) is 4.78. The topological polar surface area (TPSA) is 29.9 Å². The van der Waals surface area contributed by atoms with Gasteiger partial charge in [0.1, 0.15) is 10.4 Å². The molecule has 0 spiro atoms. The van der Waals surface area contributed by atoms with Crippen molar-refractivity contribution in [3.8, 4) is 11.4 Å². The Morgan fingerprint density at radius 1 is 1.35 bits per heavy atom. The Bertz CT molecular complexity index is 595. The van der Waals surface area contributed by atoms with Gasteiger partial charge in [-0.05, 0) is 31.0 Å². The summed E-state index contributed by atoms with van der Waals surface area (Å²) in [5, 5.41) is 3.37. The van der Waals surface area contributed by atoms with Crippen LogP contribution in [0.1, 0.15) is 24.5 Å². The predicted molar refractivity (Wildman–Crippen MR) is 69.5 cm³/mol. The van der Waals surface area contributed by atoms with Gasteiger partial charge >= 0.3 is 0 Å². The second-order valence-electron chi connectivity index (χ2n) is 4.36. The molecular weight excluding hydrogens is 232 g/mol. The normalized spacial score (nSPS) is 14.9. The number of methoxy groups -OCH3 is 1. The van der Waals surface area contributed by atoms with Crippen molar-refractivity contribution in [2.75, 3.05) is 7.11 Å². The maximum atomic E-state index is 5.37. The van der Waals surface area contributed by atoms with Crippen LogP contribution >= 0.6 is 12.2 Å². The van der Waals surface area contributed by atoms with Crippen LogP contribution in [0, 0.1) is 4.64 Å². The van der Waals surface area contributed by atoms with E-state index in [-0.39, 0.29) is 0 Å². The molecule has 1 aromatic heterocycles. The zero-order valence-corrected chi connectivity index (χ0v) is 10.5. The highest BCUT2D eigenvalue weighted by Crippen LogP contribution is 2.39. The summed E-state index contributed by atoms with van der Waals surface area (Å²) in [6, 6.07) is 9.95. The van der Waals surface area contributed by atoms with E-state index in [2.05, 4.69) is 11.2 Å². The fourth-order valence-electron chi connectivity index (χ4n) is 1.96. The van der Waals surface area contributed by atoms with E-state index in [4.69, 9.17) is 17.0 Å². The Labute approximate surface area is 105 Å². The lowest BCUT2D eigenvalue weighted by Crippen LogP contribution is -1.97. The van der Waals surface area contributed by atoms with Crippen molar-refractivity contribution in [3.63, 3.8) is 0 Å².